The lowest BCUT2D eigenvalue weighted by molar-refractivity contribution is 0.104. The van der Waals surface area contributed by atoms with E-state index in [-0.39, 0.29) is 5.78 Å². The molecule has 1 fully saturated rings. The molecule has 140 valence electrons. The fourth-order valence-electron chi connectivity index (χ4n) is 3.76. The van der Waals surface area contributed by atoms with Gasteiger partial charge in [-0.2, -0.15) is 0 Å². The molecule has 1 aliphatic rings. The van der Waals surface area contributed by atoms with Gasteiger partial charge in [0.15, 0.2) is 5.78 Å². The Balaban J connectivity index is 1.66. The molecule has 27 heavy (non-hydrogen) atoms. The maximum absolute atomic E-state index is 13.1. The maximum atomic E-state index is 13.1. The van der Waals surface area contributed by atoms with Gasteiger partial charge in [-0.3, -0.25) is 4.79 Å². The van der Waals surface area contributed by atoms with Crippen molar-refractivity contribution in [2.75, 3.05) is 12.4 Å². The second kappa shape index (κ2) is 7.66. The van der Waals surface area contributed by atoms with Crippen molar-refractivity contribution in [3.8, 4) is 0 Å². The molecule has 0 bridgehead atoms. The minimum Gasteiger partial charge on any atom is -0.367 e. The van der Waals surface area contributed by atoms with Crippen molar-refractivity contribution >= 4 is 34.2 Å². The number of anilines is 1. The topological polar surface area (TPSA) is 82.7 Å². The van der Waals surface area contributed by atoms with E-state index in [4.69, 9.17) is 11.6 Å². The highest BCUT2D eigenvalue weighted by molar-refractivity contribution is 6.35. The van der Waals surface area contributed by atoms with Gasteiger partial charge in [-0.05, 0) is 44.9 Å². The highest BCUT2D eigenvalue weighted by Crippen LogP contribution is 2.30. The molecular weight excluding hydrogens is 362 g/mol. The summed E-state index contributed by atoms with van der Waals surface area (Å²) in [5.41, 5.74) is 1.65. The van der Waals surface area contributed by atoms with Crippen LogP contribution in [0.25, 0.3) is 11.0 Å². The van der Waals surface area contributed by atoms with E-state index in [1.807, 2.05) is 19.2 Å². The predicted molar refractivity (Wildman–Crippen MR) is 107 cm³/mol. The molecule has 1 aliphatic carbocycles. The summed E-state index contributed by atoms with van der Waals surface area (Å²) in [5, 5.41) is 8.04. The van der Waals surface area contributed by atoms with Crippen molar-refractivity contribution in [2.45, 2.75) is 37.8 Å². The van der Waals surface area contributed by atoms with Crippen molar-refractivity contribution in [1.29, 1.82) is 0 Å². The summed E-state index contributed by atoms with van der Waals surface area (Å²) < 4.78 is 0. The molecule has 7 heteroatoms. The Morgan fingerprint density at radius 3 is 2.59 bits per heavy atom. The first-order chi connectivity index (χ1) is 13.2. The summed E-state index contributed by atoms with van der Waals surface area (Å²) in [6.07, 6.45) is 7.59. The summed E-state index contributed by atoms with van der Waals surface area (Å²) in [5.74, 6) is 0.563. The predicted octanol–water partition coefficient (Wildman–Crippen LogP) is 3.78. The Hall–Kier alpha value is -2.44. The number of halogens is 1. The van der Waals surface area contributed by atoms with E-state index in [0.717, 1.165) is 31.1 Å². The summed E-state index contributed by atoms with van der Waals surface area (Å²) in [7, 11) is 2.01. The van der Waals surface area contributed by atoms with Crippen molar-refractivity contribution in [3.63, 3.8) is 0 Å². The van der Waals surface area contributed by atoms with Gasteiger partial charge in [0.2, 0.25) is 0 Å². The number of rotatable bonds is 5. The lowest BCUT2D eigenvalue weighted by atomic mass is 9.91. The van der Waals surface area contributed by atoms with Crippen LogP contribution in [0.5, 0.6) is 0 Å². The Morgan fingerprint density at radius 2 is 1.85 bits per heavy atom. The lowest BCUT2D eigenvalue weighted by Gasteiger charge is -2.29. The number of nitrogens with zero attached hydrogens (tertiary/aromatic N) is 2. The molecule has 1 saturated carbocycles. The molecule has 0 unspecified atom stereocenters. The van der Waals surface area contributed by atoms with Crippen molar-refractivity contribution in [1.82, 2.24) is 20.3 Å². The Labute approximate surface area is 162 Å². The van der Waals surface area contributed by atoms with Crippen LogP contribution < -0.4 is 10.6 Å². The second-order valence-electron chi connectivity index (χ2n) is 6.94. The van der Waals surface area contributed by atoms with Crippen LogP contribution in [0.4, 0.5) is 5.82 Å². The molecule has 4 rings (SSSR count). The van der Waals surface area contributed by atoms with Crippen LogP contribution in [-0.4, -0.2) is 39.9 Å². The first kappa shape index (κ1) is 17.9. The molecule has 0 amide bonds. The zero-order valence-corrected chi connectivity index (χ0v) is 15.9. The normalized spacial score (nSPS) is 19.9. The van der Waals surface area contributed by atoms with Gasteiger partial charge in [0, 0.05) is 23.8 Å². The number of aromatic nitrogens is 3. The van der Waals surface area contributed by atoms with E-state index < -0.39 is 0 Å². The standard InChI is InChI=1S/C20H22ClN5O/c1-22-12-6-8-13(9-7-12)26-20-17-15(10-23-19(17)24-11-25-20)18(27)14-4-2-3-5-16(14)21/h2-5,10-13,22H,6-9H2,1H3,(H2,23,24,25,26)/t12-,13+. The number of hydrogen-bond donors (Lipinski definition) is 3. The van der Waals surface area contributed by atoms with Gasteiger partial charge in [-0.25, -0.2) is 9.97 Å². The monoisotopic (exact) mass is 383 g/mol. The van der Waals surface area contributed by atoms with Crippen LogP contribution in [0, 0.1) is 0 Å². The Bertz CT molecular complexity index is 962. The van der Waals surface area contributed by atoms with Crippen molar-refractivity contribution in [2.24, 2.45) is 0 Å². The van der Waals surface area contributed by atoms with Gasteiger partial charge in [0.25, 0.3) is 0 Å². The number of fused-ring (bicyclic) bond motifs is 1. The zero-order valence-electron chi connectivity index (χ0n) is 15.1. The van der Waals surface area contributed by atoms with E-state index in [2.05, 4.69) is 25.6 Å². The van der Waals surface area contributed by atoms with Gasteiger partial charge in [0.05, 0.1) is 16.0 Å². The number of ketones is 1. The number of H-pyrrole nitrogens is 1. The summed E-state index contributed by atoms with van der Waals surface area (Å²) in [4.78, 5) is 24.9. The molecule has 6 nitrogen and oxygen atoms in total. The van der Waals surface area contributed by atoms with Gasteiger partial charge >= 0.3 is 0 Å². The molecular formula is C20H22ClN5O. The molecule has 0 radical (unpaired) electrons. The largest absolute Gasteiger partial charge is 0.367 e. The molecule has 3 aromatic rings. The molecule has 1 aromatic carbocycles. The molecule has 2 aromatic heterocycles. The average Bonchev–Trinajstić information content (AvgIpc) is 3.14. The zero-order chi connectivity index (χ0) is 18.8. The summed E-state index contributed by atoms with van der Waals surface area (Å²) in [6.45, 7) is 0. The molecule has 0 atom stereocenters. The highest BCUT2D eigenvalue weighted by Gasteiger charge is 2.24. The van der Waals surface area contributed by atoms with Crippen LogP contribution in [0.15, 0.2) is 36.8 Å². The van der Waals surface area contributed by atoms with E-state index in [9.17, 15) is 4.79 Å². The van der Waals surface area contributed by atoms with Gasteiger partial charge in [-0.1, -0.05) is 23.7 Å². The molecule has 2 heterocycles. The third-order valence-corrected chi connectivity index (χ3v) is 5.64. The van der Waals surface area contributed by atoms with Crippen LogP contribution in [0.3, 0.4) is 0 Å². The van der Waals surface area contributed by atoms with Crippen LogP contribution in [0.2, 0.25) is 5.02 Å². The summed E-state index contributed by atoms with van der Waals surface area (Å²) >= 11 is 6.23. The first-order valence-electron chi connectivity index (χ1n) is 9.22. The smallest absolute Gasteiger partial charge is 0.196 e. The highest BCUT2D eigenvalue weighted by atomic mass is 35.5. The van der Waals surface area contributed by atoms with Crippen LogP contribution in [-0.2, 0) is 0 Å². The molecule has 0 aliphatic heterocycles. The fraction of sp³-hybridized carbons (Fsp3) is 0.350. The number of aromatic amines is 1. The van der Waals surface area contributed by atoms with E-state index in [1.54, 1.807) is 18.3 Å². The van der Waals surface area contributed by atoms with Crippen molar-refractivity contribution < 1.29 is 4.79 Å². The number of carbonyl (C=O) groups is 1. The van der Waals surface area contributed by atoms with Crippen LogP contribution >= 0.6 is 11.6 Å². The summed E-state index contributed by atoms with van der Waals surface area (Å²) in [6, 6.07) is 8.00. The SMILES string of the molecule is CN[C@H]1CC[C@@H](Nc2ncnc3[nH]cc(C(=O)c4ccccc4Cl)c23)CC1. The van der Waals surface area contributed by atoms with Gasteiger partial charge in [0.1, 0.15) is 17.8 Å². The average molecular weight is 384 g/mol. The van der Waals surface area contributed by atoms with E-state index in [0.29, 0.717) is 39.7 Å². The van der Waals surface area contributed by atoms with E-state index in [1.165, 1.54) is 6.33 Å². The van der Waals surface area contributed by atoms with Gasteiger partial charge < -0.3 is 15.6 Å². The van der Waals surface area contributed by atoms with E-state index >= 15 is 0 Å². The maximum Gasteiger partial charge on any atom is 0.196 e. The van der Waals surface area contributed by atoms with Gasteiger partial charge in [-0.15, -0.1) is 0 Å². The minimum absolute atomic E-state index is 0.136. The third kappa shape index (κ3) is 3.55. The molecule has 3 N–H and O–H groups in total. The Kier molecular flexibility index (Phi) is 5.09. The molecule has 0 saturated heterocycles. The number of benzene rings is 1. The third-order valence-electron chi connectivity index (χ3n) is 5.31. The Morgan fingerprint density at radius 1 is 1.11 bits per heavy atom. The minimum atomic E-state index is -0.136. The number of hydrogen-bond acceptors (Lipinski definition) is 5. The van der Waals surface area contributed by atoms with Crippen LogP contribution in [0.1, 0.15) is 41.6 Å². The first-order valence-corrected chi connectivity index (χ1v) is 9.60. The lowest BCUT2D eigenvalue weighted by Crippen LogP contribution is -2.35. The fourth-order valence-corrected chi connectivity index (χ4v) is 3.98. The quantitative estimate of drug-likeness (QED) is 0.584. The molecule has 0 spiro atoms. The number of nitrogens with one attached hydrogen (secondary N) is 3. The number of carbonyl (C=O) groups excluding carboxylic acids is 1. The van der Waals surface area contributed by atoms with Crippen molar-refractivity contribution in [3.05, 3.63) is 52.9 Å². The second-order valence-corrected chi connectivity index (χ2v) is 7.35.